The van der Waals surface area contributed by atoms with Crippen LogP contribution in [0.4, 0.5) is 0 Å². The van der Waals surface area contributed by atoms with E-state index in [0.29, 0.717) is 0 Å². The zero-order chi connectivity index (χ0) is 17.7. The van der Waals surface area contributed by atoms with Gasteiger partial charge in [0.05, 0.1) is 5.41 Å². The van der Waals surface area contributed by atoms with E-state index in [1.54, 1.807) is 0 Å². The van der Waals surface area contributed by atoms with E-state index in [2.05, 4.69) is 98.5 Å². The predicted octanol–water partition coefficient (Wildman–Crippen LogP) is 7.80. The van der Waals surface area contributed by atoms with E-state index in [1.165, 1.54) is 44.5 Å². The third-order valence-corrected chi connectivity index (χ3v) is 5.81. The number of hydrogen-bond acceptors (Lipinski definition) is 0. The maximum absolute atomic E-state index is 4.15. The molecule has 0 nitrogen and oxygen atoms in total. The number of benzene rings is 3. The first-order chi connectivity index (χ1) is 12.8. The predicted molar refractivity (Wildman–Crippen MR) is 124 cm³/mol. The summed E-state index contributed by atoms with van der Waals surface area (Å²) in [5.41, 5.74) is 10.4. The zero-order valence-electron chi connectivity index (χ0n) is 14.9. The smallest absolute Gasteiger partial charge is 0.0725 e. The molecule has 0 aromatic heterocycles. The van der Waals surface area contributed by atoms with Gasteiger partial charge in [-0.05, 0) is 51.5 Å². The van der Waals surface area contributed by atoms with Crippen LogP contribution < -0.4 is 0 Å². The van der Waals surface area contributed by atoms with Crippen LogP contribution in [-0.4, -0.2) is 0 Å². The number of fused-ring (bicyclic) bond motifs is 7. The van der Waals surface area contributed by atoms with Crippen molar-refractivity contribution in [1.29, 1.82) is 0 Å². The second-order valence-electron chi connectivity index (χ2n) is 6.92. The Hall–Kier alpha value is -3.12. The quantitative estimate of drug-likeness (QED) is 0.435. The molecule has 0 N–H and O–H groups in total. The maximum atomic E-state index is 4.15. The van der Waals surface area contributed by atoms with E-state index in [9.17, 15) is 0 Å². The molecular weight excluding hydrogens is 336 g/mol. The third kappa shape index (κ3) is 2.18. The summed E-state index contributed by atoms with van der Waals surface area (Å²) in [6.45, 7) is 6.24. The SMILES string of the molecule is C.C.C=CC1=C(/C=C\C)C2(c3ccccc31)c1ccccc1-c1ccccc12. The fourth-order valence-electron chi connectivity index (χ4n) is 4.95. The van der Waals surface area contributed by atoms with Crippen molar-refractivity contribution < 1.29 is 0 Å². The lowest BCUT2D eigenvalue weighted by atomic mass is 9.69. The molecule has 0 aliphatic heterocycles. The molecule has 2 aliphatic carbocycles. The van der Waals surface area contributed by atoms with Crippen molar-refractivity contribution >= 4 is 5.57 Å². The molecule has 0 bridgehead atoms. The molecule has 0 fully saturated rings. The van der Waals surface area contributed by atoms with Crippen molar-refractivity contribution in [1.82, 2.24) is 0 Å². The highest BCUT2D eigenvalue weighted by molar-refractivity contribution is 5.97. The minimum atomic E-state index is -0.250. The second kappa shape index (κ2) is 7.13. The second-order valence-corrected chi connectivity index (χ2v) is 6.92. The highest BCUT2D eigenvalue weighted by atomic mass is 14.5. The average molecular weight is 365 g/mol. The summed E-state index contributed by atoms with van der Waals surface area (Å²) in [7, 11) is 0. The van der Waals surface area contributed by atoms with Gasteiger partial charge in [0.25, 0.3) is 0 Å². The van der Waals surface area contributed by atoms with Gasteiger partial charge in [-0.3, -0.25) is 0 Å². The molecule has 1 spiro atoms. The van der Waals surface area contributed by atoms with E-state index in [1.807, 2.05) is 6.08 Å². The van der Waals surface area contributed by atoms with Gasteiger partial charge in [0.2, 0.25) is 0 Å². The Morgan fingerprint density at radius 1 is 0.679 bits per heavy atom. The molecule has 5 rings (SSSR count). The van der Waals surface area contributed by atoms with Crippen LogP contribution >= 0.6 is 0 Å². The molecule has 28 heavy (non-hydrogen) atoms. The molecule has 0 saturated carbocycles. The third-order valence-electron chi connectivity index (χ3n) is 5.81. The summed E-state index contributed by atoms with van der Waals surface area (Å²) in [5.74, 6) is 0. The Balaban J connectivity index is 0.00000112. The first-order valence-corrected chi connectivity index (χ1v) is 9.13. The monoisotopic (exact) mass is 364 g/mol. The average Bonchev–Trinajstić information content (AvgIpc) is 3.15. The molecule has 0 unspecified atom stereocenters. The van der Waals surface area contributed by atoms with Gasteiger partial charge < -0.3 is 0 Å². The normalized spacial score (nSPS) is 14.9. The Labute approximate surface area is 169 Å². The molecule has 0 saturated heterocycles. The fraction of sp³-hybridized carbons (Fsp3) is 0.143. The summed E-state index contributed by atoms with van der Waals surface area (Å²) in [4.78, 5) is 0. The van der Waals surface area contributed by atoms with E-state index < -0.39 is 0 Å². The van der Waals surface area contributed by atoms with E-state index >= 15 is 0 Å². The summed E-state index contributed by atoms with van der Waals surface area (Å²) in [6.07, 6.45) is 6.44. The van der Waals surface area contributed by atoms with Crippen molar-refractivity contribution in [2.24, 2.45) is 0 Å². The molecule has 140 valence electrons. The van der Waals surface area contributed by atoms with E-state index in [-0.39, 0.29) is 20.3 Å². The van der Waals surface area contributed by atoms with Crippen LogP contribution in [0.3, 0.4) is 0 Å². The summed E-state index contributed by atoms with van der Waals surface area (Å²) >= 11 is 0. The molecular formula is C28H28. The lowest BCUT2D eigenvalue weighted by molar-refractivity contribution is 0.786. The lowest BCUT2D eigenvalue weighted by Crippen LogP contribution is -2.26. The molecule has 0 amide bonds. The van der Waals surface area contributed by atoms with E-state index in [0.717, 1.165) is 0 Å². The molecule has 0 heteroatoms. The summed E-state index contributed by atoms with van der Waals surface area (Å²) in [5, 5.41) is 0. The van der Waals surface area contributed by atoms with Crippen molar-refractivity contribution in [3.63, 3.8) is 0 Å². The number of allylic oxidation sites excluding steroid dienone is 5. The molecule has 0 heterocycles. The number of rotatable bonds is 2. The van der Waals surface area contributed by atoms with Crippen molar-refractivity contribution in [3.05, 3.63) is 125 Å². The van der Waals surface area contributed by atoms with Gasteiger partial charge in [0.15, 0.2) is 0 Å². The number of hydrogen-bond donors (Lipinski definition) is 0. The summed E-state index contributed by atoms with van der Waals surface area (Å²) in [6, 6.07) is 26.5. The van der Waals surface area contributed by atoms with Gasteiger partial charge in [-0.25, -0.2) is 0 Å². The Bertz CT molecular complexity index is 1060. The summed E-state index contributed by atoms with van der Waals surface area (Å²) < 4.78 is 0. The highest BCUT2D eigenvalue weighted by Gasteiger charge is 2.51. The van der Waals surface area contributed by atoms with Gasteiger partial charge in [0.1, 0.15) is 0 Å². The molecule has 3 aromatic rings. The maximum Gasteiger partial charge on any atom is 0.0725 e. The standard InChI is InChI=1S/C26H20.2CH4/c1-3-11-22-18(4-2)19-12-5-8-15-23(19)26(22)24-16-9-6-13-20(24)21-14-7-10-17-25(21)26;;/h3-17H,2H2,1H3;2*1H4/b11-3-;;. The molecule has 0 radical (unpaired) electrons. The van der Waals surface area contributed by atoms with Gasteiger partial charge in [-0.1, -0.05) is 112 Å². The van der Waals surface area contributed by atoms with Crippen LogP contribution in [0, 0.1) is 0 Å². The minimum Gasteiger partial charge on any atom is -0.0984 e. The van der Waals surface area contributed by atoms with Crippen LogP contribution in [-0.2, 0) is 5.41 Å². The fourth-order valence-corrected chi connectivity index (χ4v) is 4.95. The van der Waals surface area contributed by atoms with Crippen molar-refractivity contribution in [3.8, 4) is 11.1 Å². The Kier molecular flexibility index (Phi) is 5.00. The Morgan fingerprint density at radius 2 is 1.11 bits per heavy atom. The minimum absolute atomic E-state index is 0. The molecule has 3 aromatic carbocycles. The largest absolute Gasteiger partial charge is 0.0984 e. The van der Waals surface area contributed by atoms with Crippen molar-refractivity contribution in [2.75, 3.05) is 0 Å². The molecule has 2 aliphatic rings. The van der Waals surface area contributed by atoms with Crippen LogP contribution in [0.25, 0.3) is 16.7 Å². The van der Waals surface area contributed by atoms with Gasteiger partial charge in [-0.15, -0.1) is 0 Å². The zero-order valence-corrected chi connectivity index (χ0v) is 14.9. The first kappa shape index (κ1) is 19.6. The van der Waals surface area contributed by atoms with Crippen LogP contribution in [0.1, 0.15) is 44.0 Å². The Morgan fingerprint density at radius 3 is 1.57 bits per heavy atom. The van der Waals surface area contributed by atoms with Crippen LogP contribution in [0.2, 0.25) is 0 Å². The first-order valence-electron chi connectivity index (χ1n) is 9.13. The highest BCUT2D eigenvalue weighted by Crippen LogP contribution is 2.61. The topological polar surface area (TPSA) is 0 Å². The van der Waals surface area contributed by atoms with Crippen LogP contribution in [0.5, 0.6) is 0 Å². The van der Waals surface area contributed by atoms with Gasteiger partial charge in [-0.2, -0.15) is 0 Å². The van der Waals surface area contributed by atoms with Gasteiger partial charge >= 0.3 is 0 Å². The molecule has 0 atom stereocenters. The van der Waals surface area contributed by atoms with Gasteiger partial charge in [0, 0.05) is 0 Å². The van der Waals surface area contributed by atoms with E-state index in [4.69, 9.17) is 0 Å². The van der Waals surface area contributed by atoms with Crippen molar-refractivity contribution in [2.45, 2.75) is 27.2 Å². The van der Waals surface area contributed by atoms with Crippen LogP contribution in [0.15, 0.2) is 103 Å². The lowest BCUT2D eigenvalue weighted by Gasteiger charge is -2.31.